The predicted molar refractivity (Wildman–Crippen MR) is 99.5 cm³/mol. The summed E-state index contributed by atoms with van der Waals surface area (Å²) in [6, 6.07) is 10.8. The summed E-state index contributed by atoms with van der Waals surface area (Å²) in [7, 11) is 1.51. The Kier molecular flexibility index (Phi) is 7.18. The quantitative estimate of drug-likeness (QED) is 0.386. The number of rotatable bonds is 7. The number of pyridine rings is 1. The fourth-order valence-electron chi connectivity index (χ4n) is 2.11. The number of halogens is 1. The van der Waals surface area contributed by atoms with Crippen molar-refractivity contribution in [1.29, 1.82) is 5.26 Å². The lowest BCUT2D eigenvalue weighted by atomic mass is 10.1. The molecule has 0 bridgehead atoms. The van der Waals surface area contributed by atoms with E-state index in [-0.39, 0.29) is 18.8 Å². The average Bonchev–Trinajstić information content (AvgIpc) is 2.65. The van der Waals surface area contributed by atoms with E-state index < -0.39 is 5.97 Å². The van der Waals surface area contributed by atoms with Crippen molar-refractivity contribution in [3.8, 4) is 17.6 Å². The smallest absolute Gasteiger partial charge is 0.348 e. The van der Waals surface area contributed by atoms with Crippen LogP contribution in [0.3, 0.4) is 0 Å². The van der Waals surface area contributed by atoms with Gasteiger partial charge in [0.2, 0.25) is 0 Å². The van der Waals surface area contributed by atoms with Gasteiger partial charge in [-0.2, -0.15) is 5.26 Å². The first-order chi connectivity index (χ1) is 12.6. The molecule has 1 heterocycles. The highest BCUT2D eigenvalue weighted by Gasteiger charge is 2.14. The zero-order valence-electron chi connectivity index (χ0n) is 14.4. The van der Waals surface area contributed by atoms with Crippen molar-refractivity contribution in [2.24, 2.45) is 0 Å². The molecule has 0 radical (unpaired) electrons. The maximum absolute atomic E-state index is 11.8. The molecular formula is C19H17BrN2O4. The molecule has 134 valence electrons. The second-order valence-electron chi connectivity index (χ2n) is 5.03. The number of carbonyl (C=O) groups excluding carboxylic acids is 1. The van der Waals surface area contributed by atoms with Gasteiger partial charge in [-0.1, -0.05) is 6.07 Å². The summed E-state index contributed by atoms with van der Waals surface area (Å²) < 4.78 is 16.7. The molecule has 7 heteroatoms. The second-order valence-corrected chi connectivity index (χ2v) is 5.89. The topological polar surface area (TPSA) is 81.4 Å². The molecule has 0 N–H and O–H groups in total. The number of ether oxygens (including phenoxy) is 3. The Hall–Kier alpha value is -2.85. The van der Waals surface area contributed by atoms with Gasteiger partial charge in [0, 0.05) is 6.20 Å². The molecule has 0 aliphatic carbocycles. The first kappa shape index (κ1) is 19.5. The molecule has 26 heavy (non-hydrogen) atoms. The minimum Gasteiger partial charge on any atom is -0.493 e. The lowest BCUT2D eigenvalue weighted by Crippen LogP contribution is -2.06. The van der Waals surface area contributed by atoms with Crippen LogP contribution in [-0.2, 0) is 16.1 Å². The summed E-state index contributed by atoms with van der Waals surface area (Å²) in [6.45, 7) is 2.16. The van der Waals surface area contributed by atoms with E-state index in [9.17, 15) is 4.79 Å². The average molecular weight is 417 g/mol. The lowest BCUT2D eigenvalue weighted by molar-refractivity contribution is -0.137. The maximum atomic E-state index is 11.8. The number of benzene rings is 1. The van der Waals surface area contributed by atoms with Crippen molar-refractivity contribution in [3.63, 3.8) is 0 Å². The molecule has 2 aromatic rings. The standard InChI is InChI=1S/C19H17BrN2O4/c1-3-25-19(23)14(11-21)8-13-9-16(20)18(17(10-13)24-2)26-12-15-6-4-5-7-22-15/h4-10H,3,12H2,1-2H3. The van der Waals surface area contributed by atoms with E-state index in [2.05, 4.69) is 20.9 Å². The van der Waals surface area contributed by atoms with Crippen molar-refractivity contribution in [1.82, 2.24) is 4.98 Å². The SMILES string of the molecule is CCOC(=O)C(C#N)=Cc1cc(Br)c(OCc2ccccn2)c(OC)c1. The second kappa shape index (κ2) is 9.59. The Labute approximate surface area is 160 Å². The maximum Gasteiger partial charge on any atom is 0.348 e. The van der Waals surface area contributed by atoms with E-state index in [1.165, 1.54) is 13.2 Å². The number of aromatic nitrogens is 1. The van der Waals surface area contributed by atoms with Gasteiger partial charge in [0.25, 0.3) is 0 Å². The Morgan fingerprint density at radius 2 is 2.19 bits per heavy atom. The highest BCUT2D eigenvalue weighted by Crippen LogP contribution is 2.37. The van der Waals surface area contributed by atoms with Crippen molar-refractivity contribution >= 4 is 28.0 Å². The number of carbonyl (C=O) groups is 1. The number of esters is 1. The van der Waals surface area contributed by atoms with Gasteiger partial charge in [-0.05, 0) is 58.8 Å². The van der Waals surface area contributed by atoms with Gasteiger partial charge < -0.3 is 14.2 Å². The summed E-state index contributed by atoms with van der Waals surface area (Å²) in [5, 5.41) is 9.15. The first-order valence-corrected chi connectivity index (χ1v) is 8.57. The van der Waals surface area contributed by atoms with Gasteiger partial charge in [-0.25, -0.2) is 4.79 Å². The highest BCUT2D eigenvalue weighted by molar-refractivity contribution is 9.10. The van der Waals surface area contributed by atoms with Crippen molar-refractivity contribution in [3.05, 3.63) is 57.8 Å². The number of nitriles is 1. The van der Waals surface area contributed by atoms with Crippen LogP contribution in [0.2, 0.25) is 0 Å². The molecule has 0 aliphatic rings. The Bertz CT molecular complexity index is 845. The number of nitrogens with zero attached hydrogens (tertiary/aromatic N) is 2. The summed E-state index contributed by atoms with van der Waals surface area (Å²) >= 11 is 3.44. The molecule has 0 amide bonds. The van der Waals surface area contributed by atoms with Crippen LogP contribution < -0.4 is 9.47 Å². The van der Waals surface area contributed by atoms with Crippen LogP contribution in [0.4, 0.5) is 0 Å². The summed E-state index contributed by atoms with van der Waals surface area (Å²) in [5.74, 6) is 0.299. The van der Waals surface area contributed by atoms with Gasteiger partial charge in [0.1, 0.15) is 18.2 Å². The molecule has 0 atom stereocenters. The monoisotopic (exact) mass is 416 g/mol. The minimum absolute atomic E-state index is 0.0945. The molecule has 1 aromatic heterocycles. The summed E-state index contributed by atoms with van der Waals surface area (Å²) in [4.78, 5) is 16.0. The Balaban J connectivity index is 2.28. The summed E-state index contributed by atoms with van der Waals surface area (Å²) in [6.07, 6.45) is 3.13. The molecule has 0 saturated carbocycles. The van der Waals surface area contributed by atoms with Gasteiger partial charge >= 0.3 is 5.97 Å². The molecule has 0 spiro atoms. The van der Waals surface area contributed by atoms with E-state index in [1.54, 1.807) is 25.3 Å². The van der Waals surface area contributed by atoms with Crippen LogP contribution in [0.25, 0.3) is 6.08 Å². The zero-order chi connectivity index (χ0) is 18.9. The number of hydrogen-bond donors (Lipinski definition) is 0. The fraction of sp³-hybridized carbons (Fsp3) is 0.211. The van der Waals surface area contributed by atoms with Gasteiger partial charge in [0.15, 0.2) is 11.5 Å². The van der Waals surface area contributed by atoms with E-state index in [1.807, 2.05) is 24.3 Å². The van der Waals surface area contributed by atoms with Crippen LogP contribution in [0.1, 0.15) is 18.2 Å². The number of hydrogen-bond acceptors (Lipinski definition) is 6. The van der Waals surface area contributed by atoms with E-state index in [0.717, 1.165) is 5.69 Å². The van der Waals surface area contributed by atoms with E-state index in [4.69, 9.17) is 19.5 Å². The molecule has 2 rings (SSSR count). The molecule has 0 fully saturated rings. The van der Waals surface area contributed by atoms with E-state index in [0.29, 0.717) is 21.5 Å². The third-order valence-electron chi connectivity index (χ3n) is 3.27. The van der Waals surface area contributed by atoms with Crippen LogP contribution in [0.15, 0.2) is 46.6 Å². The van der Waals surface area contributed by atoms with Gasteiger partial charge in [-0.3, -0.25) is 4.98 Å². The third kappa shape index (κ3) is 5.07. The van der Waals surface area contributed by atoms with Crippen molar-refractivity contribution in [2.45, 2.75) is 13.5 Å². The molecule has 0 aliphatic heterocycles. The first-order valence-electron chi connectivity index (χ1n) is 7.78. The van der Waals surface area contributed by atoms with Gasteiger partial charge in [-0.15, -0.1) is 0 Å². The largest absolute Gasteiger partial charge is 0.493 e. The van der Waals surface area contributed by atoms with Crippen LogP contribution in [-0.4, -0.2) is 24.7 Å². The highest BCUT2D eigenvalue weighted by atomic mass is 79.9. The van der Waals surface area contributed by atoms with Crippen LogP contribution in [0.5, 0.6) is 11.5 Å². The zero-order valence-corrected chi connectivity index (χ0v) is 15.9. The molecule has 0 saturated heterocycles. The van der Waals surface area contributed by atoms with Crippen molar-refractivity contribution < 1.29 is 19.0 Å². The number of methoxy groups -OCH3 is 1. The third-order valence-corrected chi connectivity index (χ3v) is 3.86. The molecular weight excluding hydrogens is 400 g/mol. The lowest BCUT2D eigenvalue weighted by Gasteiger charge is -2.13. The van der Waals surface area contributed by atoms with Crippen molar-refractivity contribution in [2.75, 3.05) is 13.7 Å². The Morgan fingerprint density at radius 3 is 2.81 bits per heavy atom. The molecule has 0 unspecified atom stereocenters. The Morgan fingerprint density at radius 1 is 1.38 bits per heavy atom. The fourth-order valence-corrected chi connectivity index (χ4v) is 2.68. The molecule has 1 aromatic carbocycles. The van der Waals surface area contributed by atoms with Crippen LogP contribution in [0, 0.1) is 11.3 Å². The van der Waals surface area contributed by atoms with Gasteiger partial charge in [0.05, 0.1) is 23.9 Å². The van der Waals surface area contributed by atoms with Crippen LogP contribution >= 0.6 is 15.9 Å². The predicted octanol–water partition coefficient (Wildman–Crippen LogP) is 3.90. The normalized spacial score (nSPS) is 10.8. The van der Waals surface area contributed by atoms with E-state index >= 15 is 0 Å². The summed E-state index contributed by atoms with van der Waals surface area (Å²) in [5.41, 5.74) is 1.28. The molecule has 6 nitrogen and oxygen atoms in total. The minimum atomic E-state index is -0.666.